The Hall–Kier alpha value is -0.860. The van der Waals surface area contributed by atoms with Crippen molar-refractivity contribution in [2.45, 2.75) is 25.9 Å². The van der Waals surface area contributed by atoms with Crippen molar-refractivity contribution in [1.82, 2.24) is 5.32 Å². The maximum Gasteiger partial charge on any atom is 0.102 e. The SMILES string of the molecule is CCNCC(O)(CC)c1ccccc1. The van der Waals surface area contributed by atoms with Crippen LogP contribution in [-0.2, 0) is 5.60 Å². The fraction of sp³-hybridized carbons (Fsp3) is 0.500. The molecule has 0 saturated carbocycles. The quantitative estimate of drug-likeness (QED) is 0.748. The Balaban J connectivity index is 2.79. The molecule has 0 saturated heterocycles. The first kappa shape index (κ1) is 11.2. The smallest absolute Gasteiger partial charge is 0.102 e. The Morgan fingerprint density at radius 2 is 1.86 bits per heavy atom. The second kappa shape index (κ2) is 5.13. The average molecular weight is 193 g/mol. The minimum atomic E-state index is -0.725. The summed E-state index contributed by atoms with van der Waals surface area (Å²) in [4.78, 5) is 0. The van der Waals surface area contributed by atoms with Gasteiger partial charge in [-0.3, -0.25) is 0 Å². The van der Waals surface area contributed by atoms with Crippen molar-refractivity contribution in [3.05, 3.63) is 35.9 Å². The molecular formula is C12H19NO. The van der Waals surface area contributed by atoms with Crippen LogP contribution < -0.4 is 5.32 Å². The van der Waals surface area contributed by atoms with Gasteiger partial charge < -0.3 is 10.4 Å². The van der Waals surface area contributed by atoms with E-state index in [-0.39, 0.29) is 0 Å². The largest absolute Gasteiger partial charge is 0.384 e. The van der Waals surface area contributed by atoms with Gasteiger partial charge >= 0.3 is 0 Å². The zero-order valence-corrected chi connectivity index (χ0v) is 8.96. The molecule has 2 nitrogen and oxygen atoms in total. The van der Waals surface area contributed by atoms with Crippen LogP contribution in [-0.4, -0.2) is 18.2 Å². The lowest BCUT2D eigenvalue weighted by molar-refractivity contribution is 0.0332. The summed E-state index contributed by atoms with van der Waals surface area (Å²) in [7, 11) is 0. The van der Waals surface area contributed by atoms with Gasteiger partial charge in [0.2, 0.25) is 0 Å². The Morgan fingerprint density at radius 1 is 1.21 bits per heavy atom. The first-order valence-corrected chi connectivity index (χ1v) is 5.21. The highest BCUT2D eigenvalue weighted by Crippen LogP contribution is 2.23. The third-order valence-corrected chi connectivity index (χ3v) is 2.56. The molecule has 0 fully saturated rings. The van der Waals surface area contributed by atoms with Crippen molar-refractivity contribution < 1.29 is 5.11 Å². The van der Waals surface area contributed by atoms with Crippen LogP contribution in [0.5, 0.6) is 0 Å². The average Bonchev–Trinajstić information content (AvgIpc) is 2.27. The molecule has 0 radical (unpaired) electrons. The standard InChI is InChI=1S/C12H19NO/c1-3-12(14,10-13-4-2)11-8-6-5-7-9-11/h5-9,13-14H,3-4,10H2,1-2H3. The summed E-state index contributed by atoms with van der Waals surface area (Å²) < 4.78 is 0. The number of rotatable bonds is 5. The third kappa shape index (κ3) is 2.56. The van der Waals surface area contributed by atoms with Crippen LogP contribution in [0.4, 0.5) is 0 Å². The van der Waals surface area contributed by atoms with E-state index in [9.17, 15) is 5.11 Å². The summed E-state index contributed by atoms with van der Waals surface area (Å²) in [6.45, 7) is 5.55. The summed E-state index contributed by atoms with van der Waals surface area (Å²) in [5, 5.41) is 13.5. The lowest BCUT2D eigenvalue weighted by Gasteiger charge is -2.27. The number of nitrogens with one attached hydrogen (secondary N) is 1. The van der Waals surface area contributed by atoms with Crippen molar-refractivity contribution in [3.8, 4) is 0 Å². The molecule has 0 aliphatic heterocycles. The van der Waals surface area contributed by atoms with E-state index in [0.29, 0.717) is 6.54 Å². The molecule has 1 aromatic carbocycles. The second-order valence-corrected chi connectivity index (χ2v) is 3.53. The van der Waals surface area contributed by atoms with E-state index < -0.39 is 5.60 Å². The minimum Gasteiger partial charge on any atom is -0.384 e. The van der Waals surface area contributed by atoms with E-state index >= 15 is 0 Å². The molecule has 0 aliphatic rings. The predicted octanol–water partition coefficient (Wildman–Crippen LogP) is 1.89. The van der Waals surface area contributed by atoms with Gasteiger partial charge in [0.25, 0.3) is 0 Å². The molecule has 78 valence electrons. The minimum absolute atomic E-state index is 0.615. The van der Waals surface area contributed by atoms with Gasteiger partial charge in [-0.2, -0.15) is 0 Å². The Labute approximate surface area is 86.0 Å². The molecule has 0 spiro atoms. The monoisotopic (exact) mass is 193 g/mol. The van der Waals surface area contributed by atoms with Gasteiger partial charge in [0.15, 0.2) is 0 Å². The third-order valence-electron chi connectivity index (χ3n) is 2.56. The summed E-state index contributed by atoms with van der Waals surface area (Å²) in [6.07, 6.45) is 0.726. The van der Waals surface area contributed by atoms with Crippen LogP contribution in [0.25, 0.3) is 0 Å². The van der Waals surface area contributed by atoms with Crippen LogP contribution in [0.3, 0.4) is 0 Å². The molecule has 0 aliphatic carbocycles. The first-order valence-electron chi connectivity index (χ1n) is 5.21. The number of hydrogen-bond donors (Lipinski definition) is 2. The summed E-state index contributed by atoms with van der Waals surface area (Å²) in [5.74, 6) is 0. The van der Waals surface area contributed by atoms with Gasteiger partial charge in [-0.1, -0.05) is 44.2 Å². The molecule has 14 heavy (non-hydrogen) atoms. The fourth-order valence-corrected chi connectivity index (χ4v) is 1.51. The van der Waals surface area contributed by atoms with Crippen molar-refractivity contribution in [2.24, 2.45) is 0 Å². The molecule has 2 heteroatoms. The second-order valence-electron chi connectivity index (χ2n) is 3.53. The molecule has 1 unspecified atom stereocenters. The number of benzene rings is 1. The van der Waals surface area contributed by atoms with Crippen molar-refractivity contribution in [2.75, 3.05) is 13.1 Å². The fourth-order valence-electron chi connectivity index (χ4n) is 1.51. The van der Waals surface area contributed by atoms with E-state index in [2.05, 4.69) is 5.32 Å². The van der Waals surface area contributed by atoms with E-state index in [1.54, 1.807) is 0 Å². The van der Waals surface area contributed by atoms with E-state index in [4.69, 9.17) is 0 Å². The molecule has 0 bridgehead atoms. The molecule has 1 aromatic rings. The van der Waals surface area contributed by atoms with Crippen molar-refractivity contribution >= 4 is 0 Å². The maximum absolute atomic E-state index is 10.4. The van der Waals surface area contributed by atoms with E-state index in [1.807, 2.05) is 44.2 Å². The Bertz CT molecular complexity index is 260. The summed E-state index contributed by atoms with van der Waals surface area (Å²) >= 11 is 0. The highest BCUT2D eigenvalue weighted by atomic mass is 16.3. The van der Waals surface area contributed by atoms with E-state index in [1.165, 1.54) is 0 Å². The molecular weight excluding hydrogens is 174 g/mol. The highest BCUT2D eigenvalue weighted by molar-refractivity contribution is 5.22. The lowest BCUT2D eigenvalue weighted by atomic mass is 9.91. The van der Waals surface area contributed by atoms with Gasteiger partial charge in [0.1, 0.15) is 5.60 Å². The van der Waals surface area contributed by atoms with Crippen LogP contribution in [0, 0.1) is 0 Å². The lowest BCUT2D eigenvalue weighted by Crippen LogP contribution is -2.37. The van der Waals surface area contributed by atoms with Gasteiger partial charge in [-0.25, -0.2) is 0 Å². The number of hydrogen-bond acceptors (Lipinski definition) is 2. The molecule has 0 aromatic heterocycles. The van der Waals surface area contributed by atoms with E-state index in [0.717, 1.165) is 18.5 Å². The van der Waals surface area contributed by atoms with Crippen molar-refractivity contribution in [3.63, 3.8) is 0 Å². The van der Waals surface area contributed by atoms with Gasteiger partial charge in [0.05, 0.1) is 0 Å². The van der Waals surface area contributed by atoms with Gasteiger partial charge in [-0.15, -0.1) is 0 Å². The number of likely N-dealkylation sites (N-methyl/N-ethyl adjacent to an activating group) is 1. The van der Waals surface area contributed by atoms with Crippen LogP contribution in [0.2, 0.25) is 0 Å². The first-order chi connectivity index (χ1) is 6.73. The van der Waals surface area contributed by atoms with Crippen LogP contribution >= 0.6 is 0 Å². The Morgan fingerprint density at radius 3 is 2.36 bits per heavy atom. The molecule has 2 N–H and O–H groups in total. The molecule has 1 atom stereocenters. The maximum atomic E-state index is 10.4. The van der Waals surface area contributed by atoms with Crippen LogP contribution in [0.1, 0.15) is 25.8 Å². The normalized spacial score (nSPS) is 15.1. The number of aliphatic hydroxyl groups is 1. The predicted molar refractivity (Wildman–Crippen MR) is 59.2 cm³/mol. The molecule has 0 amide bonds. The van der Waals surface area contributed by atoms with Crippen LogP contribution in [0.15, 0.2) is 30.3 Å². The zero-order chi connectivity index (χ0) is 10.4. The van der Waals surface area contributed by atoms with Crippen molar-refractivity contribution in [1.29, 1.82) is 0 Å². The Kier molecular flexibility index (Phi) is 4.11. The zero-order valence-electron chi connectivity index (χ0n) is 8.96. The summed E-state index contributed by atoms with van der Waals surface area (Å²) in [5.41, 5.74) is 0.264. The van der Waals surface area contributed by atoms with Gasteiger partial charge in [-0.05, 0) is 18.5 Å². The topological polar surface area (TPSA) is 32.3 Å². The molecule has 0 heterocycles. The van der Waals surface area contributed by atoms with Gasteiger partial charge in [0, 0.05) is 6.54 Å². The molecule has 1 rings (SSSR count). The highest BCUT2D eigenvalue weighted by Gasteiger charge is 2.25. The summed E-state index contributed by atoms with van der Waals surface area (Å²) in [6, 6.07) is 9.83.